The lowest BCUT2D eigenvalue weighted by molar-refractivity contribution is 0.262. The van der Waals surface area contributed by atoms with Gasteiger partial charge in [-0.05, 0) is 54.6 Å². The van der Waals surface area contributed by atoms with Crippen molar-refractivity contribution in [1.82, 2.24) is 15.3 Å². The second kappa shape index (κ2) is 12.1. The van der Waals surface area contributed by atoms with Gasteiger partial charge >= 0.3 is 6.03 Å². The number of rotatable bonds is 8. The van der Waals surface area contributed by atoms with Gasteiger partial charge in [0.05, 0.1) is 36.5 Å². The fourth-order valence-electron chi connectivity index (χ4n) is 4.99. The largest absolute Gasteiger partial charge is 0.492 e. The Balaban J connectivity index is 1.42. The number of hydrogen-bond acceptors (Lipinski definition) is 8. The molecule has 43 heavy (non-hydrogen) atoms. The number of ether oxygens (including phenoxy) is 2. The third-order valence-electron chi connectivity index (χ3n) is 7.07. The van der Waals surface area contributed by atoms with Gasteiger partial charge in [0.1, 0.15) is 11.6 Å². The summed E-state index contributed by atoms with van der Waals surface area (Å²) in [6.45, 7) is 6.92. The van der Waals surface area contributed by atoms with Crippen LogP contribution in [-0.2, 0) is 15.4 Å². The van der Waals surface area contributed by atoms with Crippen LogP contribution in [0.2, 0.25) is 0 Å². The summed E-state index contributed by atoms with van der Waals surface area (Å²) in [5.41, 5.74) is 1.57. The number of hydrogen-bond donors (Lipinski definition) is 4. The summed E-state index contributed by atoms with van der Waals surface area (Å²) in [5.74, 6) is 1.92. The molecular weight excluding hydrogens is 568 g/mol. The summed E-state index contributed by atoms with van der Waals surface area (Å²) in [6, 6.07) is 15.9. The molecule has 4 N–H and O–H groups in total. The molecule has 2 amide bonds. The number of nitrogens with one attached hydrogen (secondary N) is 4. The standard InChI is InChI=1S/C31H36N6O5S/c1-31(2,3)19-17-24(28(41-4)25(18-19)37-43(5,39)40)35-30(38)34-22-12-13-26(21-10-7-6-9-20(21)22)42-27-14-16-33-29(36-27)23-11-8-15-32-23/h6-7,9-10,12-14,16-18,23,32,37H,8,11,15H2,1-5H3,(H2,34,35,38). The monoisotopic (exact) mass is 604 g/mol. The van der Waals surface area contributed by atoms with E-state index < -0.39 is 16.1 Å². The molecule has 1 unspecified atom stereocenters. The SMILES string of the molecule is COc1c(NC(=O)Nc2ccc(Oc3ccnc(C4CCCN4)n3)c3ccccc23)cc(C(C)(C)C)cc1NS(C)(=O)=O. The van der Waals surface area contributed by atoms with Gasteiger partial charge in [-0.25, -0.2) is 18.2 Å². The van der Waals surface area contributed by atoms with Crippen molar-refractivity contribution in [1.29, 1.82) is 0 Å². The highest BCUT2D eigenvalue weighted by Gasteiger charge is 2.23. The zero-order valence-electron chi connectivity index (χ0n) is 24.8. The van der Waals surface area contributed by atoms with E-state index in [0.717, 1.165) is 42.0 Å². The molecule has 2 heterocycles. The second-order valence-electron chi connectivity index (χ2n) is 11.5. The second-order valence-corrected chi connectivity index (χ2v) is 13.2. The number of sulfonamides is 1. The number of amides is 2. The number of urea groups is 1. The molecule has 3 aromatic carbocycles. The average Bonchev–Trinajstić information content (AvgIpc) is 3.48. The molecule has 0 radical (unpaired) electrons. The van der Waals surface area contributed by atoms with Gasteiger partial charge in [-0.3, -0.25) is 4.72 Å². The fraction of sp³-hybridized carbons (Fsp3) is 0.323. The lowest BCUT2D eigenvalue weighted by atomic mass is 9.86. The maximum atomic E-state index is 13.3. The highest BCUT2D eigenvalue weighted by atomic mass is 32.2. The Bertz CT molecular complexity index is 1760. The molecule has 1 saturated heterocycles. The Labute approximate surface area is 251 Å². The Morgan fingerprint density at radius 3 is 2.40 bits per heavy atom. The Morgan fingerprint density at radius 2 is 1.72 bits per heavy atom. The molecule has 226 valence electrons. The van der Waals surface area contributed by atoms with E-state index in [2.05, 4.69) is 30.6 Å². The van der Waals surface area contributed by atoms with E-state index in [1.54, 1.807) is 36.5 Å². The fourth-order valence-corrected chi connectivity index (χ4v) is 5.55. The zero-order valence-corrected chi connectivity index (χ0v) is 25.6. The topological polar surface area (TPSA) is 144 Å². The summed E-state index contributed by atoms with van der Waals surface area (Å²) in [5, 5.41) is 10.7. The number of nitrogens with zero attached hydrogens (tertiary/aromatic N) is 2. The number of carbonyl (C=O) groups excluding carboxylic acids is 1. The van der Waals surface area contributed by atoms with Crippen LogP contribution in [0.3, 0.4) is 0 Å². The summed E-state index contributed by atoms with van der Waals surface area (Å²) < 4.78 is 38.3. The van der Waals surface area contributed by atoms with E-state index in [9.17, 15) is 13.2 Å². The molecule has 1 aromatic heterocycles. The highest BCUT2D eigenvalue weighted by Crippen LogP contribution is 2.40. The molecule has 0 bridgehead atoms. The number of benzene rings is 3. The van der Waals surface area contributed by atoms with Crippen LogP contribution in [0.15, 0.2) is 60.8 Å². The van der Waals surface area contributed by atoms with Crippen molar-refractivity contribution in [3.63, 3.8) is 0 Å². The summed E-state index contributed by atoms with van der Waals surface area (Å²) in [6.07, 6.45) is 4.82. The van der Waals surface area contributed by atoms with Crippen molar-refractivity contribution < 1.29 is 22.7 Å². The van der Waals surface area contributed by atoms with Crippen LogP contribution in [0.4, 0.5) is 21.9 Å². The van der Waals surface area contributed by atoms with Gasteiger partial charge < -0.3 is 25.4 Å². The molecule has 11 nitrogen and oxygen atoms in total. The minimum absolute atomic E-state index is 0.117. The predicted octanol–water partition coefficient (Wildman–Crippen LogP) is 6.17. The third-order valence-corrected chi connectivity index (χ3v) is 7.66. The number of anilines is 3. The third kappa shape index (κ3) is 7.15. The Morgan fingerprint density at radius 1 is 1.00 bits per heavy atom. The van der Waals surface area contributed by atoms with Crippen LogP contribution in [0.25, 0.3) is 10.8 Å². The predicted molar refractivity (Wildman–Crippen MR) is 169 cm³/mol. The van der Waals surface area contributed by atoms with Crippen LogP contribution in [0.1, 0.15) is 51.0 Å². The molecule has 5 rings (SSSR count). The van der Waals surface area contributed by atoms with E-state index in [1.807, 2.05) is 45.0 Å². The van der Waals surface area contributed by atoms with Crippen molar-refractivity contribution >= 4 is 43.9 Å². The van der Waals surface area contributed by atoms with E-state index in [1.165, 1.54) is 7.11 Å². The Kier molecular flexibility index (Phi) is 8.43. The first kappa shape index (κ1) is 30.1. The van der Waals surface area contributed by atoms with E-state index >= 15 is 0 Å². The molecule has 1 aliphatic heterocycles. The smallest absolute Gasteiger partial charge is 0.323 e. The van der Waals surface area contributed by atoms with Crippen molar-refractivity contribution in [2.24, 2.45) is 0 Å². The molecule has 1 fully saturated rings. The first-order valence-corrected chi connectivity index (χ1v) is 15.8. The molecule has 0 spiro atoms. The van der Waals surface area contributed by atoms with Gasteiger partial charge in [-0.1, -0.05) is 45.0 Å². The molecule has 0 aliphatic carbocycles. The van der Waals surface area contributed by atoms with Crippen molar-refractivity contribution in [2.45, 2.75) is 45.1 Å². The minimum atomic E-state index is -3.61. The van der Waals surface area contributed by atoms with Crippen LogP contribution < -0.4 is 30.1 Å². The van der Waals surface area contributed by atoms with Crippen molar-refractivity contribution in [3.05, 3.63) is 72.2 Å². The zero-order chi connectivity index (χ0) is 30.8. The molecular formula is C31H36N6O5S. The number of carbonyl (C=O) groups is 1. The maximum absolute atomic E-state index is 13.3. The quantitative estimate of drug-likeness (QED) is 0.187. The van der Waals surface area contributed by atoms with Gasteiger partial charge in [0.2, 0.25) is 15.9 Å². The molecule has 1 aliphatic rings. The van der Waals surface area contributed by atoms with Gasteiger partial charge in [0.15, 0.2) is 5.75 Å². The molecule has 12 heteroatoms. The van der Waals surface area contributed by atoms with Crippen molar-refractivity contribution in [2.75, 3.05) is 35.3 Å². The molecule has 4 aromatic rings. The van der Waals surface area contributed by atoms with Gasteiger partial charge in [0.25, 0.3) is 0 Å². The summed E-state index contributed by atoms with van der Waals surface area (Å²) >= 11 is 0. The van der Waals surface area contributed by atoms with Gasteiger partial charge in [-0.2, -0.15) is 4.98 Å². The van der Waals surface area contributed by atoms with E-state index in [-0.39, 0.29) is 22.9 Å². The van der Waals surface area contributed by atoms with Crippen LogP contribution in [-0.4, -0.2) is 44.3 Å². The van der Waals surface area contributed by atoms with Gasteiger partial charge in [-0.15, -0.1) is 0 Å². The normalized spacial score (nSPS) is 15.2. The average molecular weight is 605 g/mol. The number of methoxy groups -OCH3 is 1. The van der Waals surface area contributed by atoms with Crippen LogP contribution >= 0.6 is 0 Å². The van der Waals surface area contributed by atoms with Gasteiger partial charge in [0, 0.05) is 23.0 Å². The lowest BCUT2D eigenvalue weighted by Gasteiger charge is -2.24. The minimum Gasteiger partial charge on any atom is -0.492 e. The van der Waals surface area contributed by atoms with Crippen molar-refractivity contribution in [3.8, 4) is 17.4 Å². The van der Waals surface area contributed by atoms with E-state index in [4.69, 9.17) is 9.47 Å². The Hall–Kier alpha value is -4.42. The molecule has 1 atom stereocenters. The summed E-state index contributed by atoms with van der Waals surface area (Å²) in [4.78, 5) is 22.3. The number of fused-ring (bicyclic) bond motifs is 1. The van der Waals surface area contributed by atoms with Crippen LogP contribution in [0.5, 0.6) is 17.4 Å². The number of aromatic nitrogens is 2. The van der Waals surface area contributed by atoms with E-state index in [0.29, 0.717) is 28.8 Å². The maximum Gasteiger partial charge on any atom is 0.323 e. The highest BCUT2D eigenvalue weighted by molar-refractivity contribution is 7.92. The summed E-state index contributed by atoms with van der Waals surface area (Å²) in [7, 11) is -2.19. The van der Waals surface area contributed by atoms with Crippen LogP contribution in [0, 0.1) is 0 Å². The lowest BCUT2D eigenvalue weighted by Crippen LogP contribution is -2.22. The molecule has 0 saturated carbocycles. The first-order chi connectivity index (χ1) is 20.4. The first-order valence-electron chi connectivity index (χ1n) is 14.0.